The van der Waals surface area contributed by atoms with Crippen LogP contribution in [0.5, 0.6) is 0 Å². The van der Waals surface area contributed by atoms with E-state index in [2.05, 4.69) is 25.7 Å². The Hall–Kier alpha value is -2.32. The van der Waals surface area contributed by atoms with Crippen molar-refractivity contribution in [3.05, 3.63) is 29.8 Å². The second-order valence-corrected chi connectivity index (χ2v) is 7.00. The van der Waals surface area contributed by atoms with Gasteiger partial charge in [-0.2, -0.15) is 4.98 Å². The van der Waals surface area contributed by atoms with Gasteiger partial charge in [-0.3, -0.25) is 9.69 Å². The number of benzene rings is 1. The van der Waals surface area contributed by atoms with Gasteiger partial charge >= 0.3 is 0 Å². The molecule has 7 nitrogen and oxygen atoms in total. The van der Waals surface area contributed by atoms with E-state index in [0.29, 0.717) is 17.8 Å². The molecule has 1 amide bonds. The van der Waals surface area contributed by atoms with Gasteiger partial charge in [-0.1, -0.05) is 19.0 Å². The maximum absolute atomic E-state index is 14.3. The fourth-order valence-corrected chi connectivity index (χ4v) is 2.90. The van der Waals surface area contributed by atoms with Crippen LogP contribution in [-0.2, 0) is 4.79 Å². The average molecular weight is 361 g/mol. The summed E-state index contributed by atoms with van der Waals surface area (Å²) in [5, 5.41) is 9.92. The van der Waals surface area contributed by atoms with Crippen LogP contribution in [0.4, 0.5) is 10.1 Å². The predicted molar refractivity (Wildman–Crippen MR) is 96.0 cm³/mol. The smallest absolute Gasteiger partial charge is 0.258 e. The molecule has 0 radical (unpaired) electrons. The minimum Gasteiger partial charge on any atom is -0.334 e. The zero-order valence-electron chi connectivity index (χ0n) is 15.3. The van der Waals surface area contributed by atoms with Crippen molar-refractivity contribution < 1.29 is 13.7 Å². The zero-order valence-corrected chi connectivity index (χ0v) is 15.3. The highest BCUT2D eigenvalue weighted by atomic mass is 19.1. The summed E-state index contributed by atoms with van der Waals surface area (Å²) in [5.41, 5.74) is 0.630. The first-order valence-corrected chi connectivity index (χ1v) is 8.78. The highest BCUT2D eigenvalue weighted by Gasteiger charge is 2.25. The SMILES string of the molecule is CC(C)CC(=O)Nc1ccc(-c2nc(C3CNCCN3C)no2)cc1F. The molecule has 1 fully saturated rings. The molecule has 26 heavy (non-hydrogen) atoms. The summed E-state index contributed by atoms with van der Waals surface area (Å²) >= 11 is 0. The Balaban J connectivity index is 1.74. The Morgan fingerprint density at radius 3 is 3.00 bits per heavy atom. The molecule has 140 valence electrons. The highest BCUT2D eigenvalue weighted by molar-refractivity contribution is 5.91. The van der Waals surface area contributed by atoms with Crippen LogP contribution >= 0.6 is 0 Å². The Morgan fingerprint density at radius 2 is 2.31 bits per heavy atom. The number of amides is 1. The number of anilines is 1. The van der Waals surface area contributed by atoms with E-state index in [4.69, 9.17) is 4.52 Å². The number of piperazine rings is 1. The maximum Gasteiger partial charge on any atom is 0.258 e. The molecule has 0 bridgehead atoms. The molecule has 0 saturated carbocycles. The second-order valence-electron chi connectivity index (χ2n) is 7.00. The van der Waals surface area contributed by atoms with Gasteiger partial charge in [-0.25, -0.2) is 4.39 Å². The van der Waals surface area contributed by atoms with Crippen LogP contribution in [0.15, 0.2) is 22.7 Å². The quantitative estimate of drug-likeness (QED) is 0.851. The fraction of sp³-hybridized carbons (Fsp3) is 0.500. The van der Waals surface area contributed by atoms with Crippen LogP contribution in [0.2, 0.25) is 0 Å². The van der Waals surface area contributed by atoms with Gasteiger partial charge in [0.1, 0.15) is 5.82 Å². The largest absolute Gasteiger partial charge is 0.334 e. The summed E-state index contributed by atoms with van der Waals surface area (Å²) in [7, 11) is 2.01. The molecule has 0 aliphatic carbocycles. The number of hydrogen-bond acceptors (Lipinski definition) is 6. The third kappa shape index (κ3) is 4.25. The molecule has 1 saturated heterocycles. The van der Waals surface area contributed by atoms with Crippen molar-refractivity contribution in [3.63, 3.8) is 0 Å². The fourth-order valence-electron chi connectivity index (χ4n) is 2.90. The second kappa shape index (κ2) is 7.92. The van der Waals surface area contributed by atoms with Crippen molar-refractivity contribution in [1.29, 1.82) is 0 Å². The summed E-state index contributed by atoms with van der Waals surface area (Å²) in [4.78, 5) is 18.4. The van der Waals surface area contributed by atoms with Crippen molar-refractivity contribution in [2.24, 2.45) is 5.92 Å². The number of halogens is 1. The van der Waals surface area contributed by atoms with E-state index in [1.165, 1.54) is 12.1 Å². The van der Waals surface area contributed by atoms with Gasteiger partial charge in [0.25, 0.3) is 5.89 Å². The lowest BCUT2D eigenvalue weighted by molar-refractivity contribution is -0.116. The molecule has 1 unspecified atom stereocenters. The molecule has 1 aromatic heterocycles. The Morgan fingerprint density at radius 1 is 1.50 bits per heavy atom. The number of carbonyl (C=O) groups excluding carboxylic acids is 1. The van der Waals surface area contributed by atoms with Crippen LogP contribution in [0.25, 0.3) is 11.5 Å². The van der Waals surface area contributed by atoms with Gasteiger partial charge in [0.2, 0.25) is 5.91 Å². The standard InChI is InChI=1S/C18H24FN5O2/c1-11(2)8-16(25)21-14-5-4-12(9-13(14)19)18-22-17(23-26-18)15-10-20-6-7-24(15)3/h4-5,9,11,15,20H,6-8,10H2,1-3H3,(H,21,25). The van der Waals surface area contributed by atoms with Gasteiger partial charge in [-0.15, -0.1) is 0 Å². The molecule has 2 N–H and O–H groups in total. The van der Waals surface area contributed by atoms with Gasteiger partial charge in [0, 0.05) is 31.6 Å². The highest BCUT2D eigenvalue weighted by Crippen LogP contribution is 2.26. The predicted octanol–water partition coefficient (Wildman–Crippen LogP) is 2.44. The van der Waals surface area contributed by atoms with E-state index in [1.807, 2.05) is 20.9 Å². The molecule has 0 spiro atoms. The van der Waals surface area contributed by atoms with Gasteiger partial charge in [0.05, 0.1) is 11.7 Å². The first kappa shape index (κ1) is 18.5. The van der Waals surface area contributed by atoms with E-state index in [0.717, 1.165) is 19.6 Å². The molecular weight excluding hydrogens is 337 g/mol. The lowest BCUT2D eigenvalue weighted by Crippen LogP contribution is -2.44. The molecule has 2 aromatic rings. The number of likely N-dealkylation sites (N-methyl/N-ethyl adjacent to an activating group) is 1. The number of aromatic nitrogens is 2. The summed E-state index contributed by atoms with van der Waals surface area (Å²) in [6.45, 7) is 6.43. The van der Waals surface area contributed by atoms with Crippen LogP contribution in [-0.4, -0.2) is 47.6 Å². The number of rotatable bonds is 5. The zero-order chi connectivity index (χ0) is 18.7. The average Bonchev–Trinajstić information content (AvgIpc) is 3.06. The third-order valence-corrected chi connectivity index (χ3v) is 4.33. The van der Waals surface area contributed by atoms with E-state index < -0.39 is 5.82 Å². The Bertz CT molecular complexity index is 777. The van der Waals surface area contributed by atoms with E-state index >= 15 is 0 Å². The minimum absolute atomic E-state index is 0.0284. The first-order chi connectivity index (χ1) is 12.4. The molecular formula is C18H24FN5O2. The van der Waals surface area contributed by atoms with Crippen LogP contribution in [0, 0.1) is 11.7 Å². The Labute approximate surface area is 152 Å². The van der Waals surface area contributed by atoms with Crippen LogP contribution < -0.4 is 10.6 Å². The topological polar surface area (TPSA) is 83.3 Å². The molecule has 8 heteroatoms. The molecule has 2 heterocycles. The molecule has 3 rings (SSSR count). The number of hydrogen-bond donors (Lipinski definition) is 2. The number of nitrogens with one attached hydrogen (secondary N) is 2. The van der Waals surface area contributed by atoms with Crippen molar-refractivity contribution >= 4 is 11.6 Å². The van der Waals surface area contributed by atoms with Crippen molar-refractivity contribution in [1.82, 2.24) is 20.4 Å². The van der Waals surface area contributed by atoms with E-state index in [-0.39, 0.29) is 29.4 Å². The van der Waals surface area contributed by atoms with Gasteiger partial charge in [-0.05, 0) is 31.2 Å². The van der Waals surface area contributed by atoms with E-state index in [9.17, 15) is 9.18 Å². The summed E-state index contributed by atoms with van der Waals surface area (Å²) in [6.07, 6.45) is 0.344. The van der Waals surface area contributed by atoms with Crippen molar-refractivity contribution in [2.75, 3.05) is 32.0 Å². The van der Waals surface area contributed by atoms with Crippen LogP contribution in [0.1, 0.15) is 32.1 Å². The molecule has 1 aliphatic heterocycles. The number of carbonyl (C=O) groups is 1. The summed E-state index contributed by atoms with van der Waals surface area (Å²) in [5.74, 6) is 0.305. The van der Waals surface area contributed by atoms with Crippen molar-refractivity contribution in [2.45, 2.75) is 26.3 Å². The lowest BCUT2D eigenvalue weighted by Gasteiger charge is -2.30. The van der Waals surface area contributed by atoms with E-state index in [1.54, 1.807) is 6.07 Å². The first-order valence-electron chi connectivity index (χ1n) is 8.78. The minimum atomic E-state index is -0.532. The van der Waals surface area contributed by atoms with Gasteiger partial charge < -0.3 is 15.2 Å². The molecule has 1 aliphatic rings. The summed E-state index contributed by atoms with van der Waals surface area (Å²) < 4.78 is 19.6. The molecule has 1 aromatic carbocycles. The van der Waals surface area contributed by atoms with Gasteiger partial charge in [0.15, 0.2) is 5.82 Å². The van der Waals surface area contributed by atoms with Crippen molar-refractivity contribution in [3.8, 4) is 11.5 Å². The summed E-state index contributed by atoms with van der Waals surface area (Å²) in [6, 6.07) is 4.50. The lowest BCUT2D eigenvalue weighted by atomic mass is 10.1. The normalized spacial score (nSPS) is 18.3. The monoisotopic (exact) mass is 361 g/mol. The number of nitrogens with zero attached hydrogens (tertiary/aromatic N) is 3. The maximum atomic E-state index is 14.3. The Kier molecular flexibility index (Phi) is 5.63. The molecule has 1 atom stereocenters. The third-order valence-electron chi connectivity index (χ3n) is 4.33. The van der Waals surface area contributed by atoms with Crippen LogP contribution in [0.3, 0.4) is 0 Å².